The summed E-state index contributed by atoms with van der Waals surface area (Å²) in [5.41, 5.74) is 8.32. The van der Waals surface area contributed by atoms with Crippen molar-refractivity contribution < 1.29 is 23.8 Å². The van der Waals surface area contributed by atoms with E-state index in [2.05, 4.69) is 4.90 Å². The first-order valence-corrected chi connectivity index (χ1v) is 11.7. The number of halogens is 1. The molecule has 2 N–H and O–H groups in total. The van der Waals surface area contributed by atoms with Crippen LogP contribution in [0, 0.1) is 0 Å². The third kappa shape index (κ3) is 5.42. The lowest BCUT2D eigenvalue weighted by molar-refractivity contribution is 0.0109. The summed E-state index contributed by atoms with van der Waals surface area (Å²) in [5, 5.41) is 0.352. The molecule has 0 saturated carbocycles. The number of rotatable bonds is 8. The van der Waals surface area contributed by atoms with E-state index in [1.54, 1.807) is 37.4 Å². The highest BCUT2D eigenvalue weighted by atomic mass is 35.5. The smallest absolute Gasteiger partial charge is 0.342 e. The third-order valence-corrected chi connectivity index (χ3v) is 6.60. The topological polar surface area (TPSA) is 91.1 Å². The maximum atomic E-state index is 12.8. The minimum absolute atomic E-state index is 0.137. The second-order valence-electron chi connectivity index (χ2n) is 8.43. The summed E-state index contributed by atoms with van der Waals surface area (Å²) >= 11 is 6.20. The summed E-state index contributed by atoms with van der Waals surface area (Å²) in [6, 6.07) is 8.75. The lowest BCUT2D eigenvalue weighted by Gasteiger charge is -2.31. The van der Waals surface area contributed by atoms with Crippen molar-refractivity contribution in [2.24, 2.45) is 0 Å². The first-order valence-electron chi connectivity index (χ1n) is 11.3. The van der Waals surface area contributed by atoms with Crippen LogP contribution in [-0.2, 0) is 11.2 Å². The van der Waals surface area contributed by atoms with Gasteiger partial charge in [0.25, 0.3) is 0 Å². The van der Waals surface area contributed by atoms with Gasteiger partial charge in [-0.15, -0.1) is 0 Å². The predicted octanol–water partition coefficient (Wildman–Crippen LogP) is 4.15. The number of nitrogens with two attached hydrogens (primary N) is 1. The van der Waals surface area contributed by atoms with Gasteiger partial charge in [0, 0.05) is 37.1 Å². The third-order valence-electron chi connectivity index (χ3n) is 6.29. The van der Waals surface area contributed by atoms with Gasteiger partial charge in [0.1, 0.15) is 23.2 Å². The van der Waals surface area contributed by atoms with E-state index in [1.807, 2.05) is 0 Å². The van der Waals surface area contributed by atoms with E-state index in [0.717, 1.165) is 50.2 Å². The normalized spacial score (nSPS) is 16.2. The van der Waals surface area contributed by atoms with Gasteiger partial charge in [-0.25, -0.2) is 4.79 Å². The highest BCUT2D eigenvalue weighted by Gasteiger charge is 2.29. The van der Waals surface area contributed by atoms with E-state index in [-0.39, 0.29) is 11.9 Å². The number of carbonyl (C=O) groups excluding carboxylic acids is 2. The van der Waals surface area contributed by atoms with E-state index in [9.17, 15) is 9.59 Å². The Labute approximate surface area is 198 Å². The molecule has 8 heteroatoms. The number of carbonyl (C=O) groups is 2. The highest BCUT2D eigenvalue weighted by Crippen LogP contribution is 2.39. The maximum Gasteiger partial charge on any atom is 0.342 e. The number of methoxy groups -OCH3 is 1. The summed E-state index contributed by atoms with van der Waals surface area (Å²) in [6.07, 6.45) is 3.30. The predicted molar refractivity (Wildman–Crippen MR) is 126 cm³/mol. The minimum atomic E-state index is -0.418. The number of anilines is 1. The number of nitrogen functional groups attached to an aromatic ring is 1. The molecule has 176 valence electrons. The van der Waals surface area contributed by atoms with Crippen LogP contribution in [0.25, 0.3) is 0 Å². The fourth-order valence-electron chi connectivity index (χ4n) is 4.37. The molecule has 0 amide bonds. The molecule has 1 saturated heterocycles. The van der Waals surface area contributed by atoms with Crippen LogP contribution >= 0.6 is 11.6 Å². The van der Waals surface area contributed by atoms with Gasteiger partial charge in [0.05, 0.1) is 24.4 Å². The number of esters is 1. The van der Waals surface area contributed by atoms with Gasteiger partial charge in [-0.3, -0.25) is 4.79 Å². The molecule has 2 aliphatic heterocycles. The molecular weight excluding hydrogens is 444 g/mol. The number of hydrogen-bond donors (Lipinski definition) is 1. The summed E-state index contributed by atoms with van der Waals surface area (Å²) in [6.45, 7) is 2.98. The van der Waals surface area contributed by atoms with Crippen molar-refractivity contribution >= 4 is 29.0 Å². The standard InChI is InChI=1S/C25H29ClN2O5/c1-31-17-6-4-16(5-7-17)22(29)3-2-11-28-12-8-18(9-13-28)33-25(30)20-15-21(26)23(27)19-10-14-32-24(19)20/h4-7,15,18H,2-3,8-14,27H2,1H3. The van der Waals surface area contributed by atoms with Crippen LogP contribution in [-0.4, -0.2) is 56.1 Å². The van der Waals surface area contributed by atoms with Crippen molar-refractivity contribution in [3.63, 3.8) is 0 Å². The summed E-state index contributed by atoms with van der Waals surface area (Å²) in [7, 11) is 1.61. The number of Topliss-reactive ketones (excluding diaryl/α,β-unsaturated/α-hetero) is 1. The van der Waals surface area contributed by atoms with Crippen LogP contribution < -0.4 is 15.2 Å². The Morgan fingerprint density at radius 2 is 1.94 bits per heavy atom. The van der Waals surface area contributed by atoms with E-state index in [0.29, 0.717) is 47.0 Å². The second-order valence-corrected chi connectivity index (χ2v) is 8.83. The Kier molecular flexibility index (Phi) is 7.40. The summed E-state index contributed by atoms with van der Waals surface area (Å²) in [5.74, 6) is 0.962. The monoisotopic (exact) mass is 472 g/mol. The van der Waals surface area contributed by atoms with Crippen molar-refractivity contribution in [3.8, 4) is 11.5 Å². The Morgan fingerprint density at radius 1 is 1.21 bits per heavy atom. The van der Waals surface area contributed by atoms with Gasteiger partial charge < -0.3 is 24.8 Å². The zero-order valence-electron chi connectivity index (χ0n) is 18.8. The second kappa shape index (κ2) is 10.4. The SMILES string of the molecule is COc1ccc(C(=O)CCCN2CCC(OC(=O)c3cc(Cl)c(N)c4c3OCC4)CC2)cc1. The van der Waals surface area contributed by atoms with E-state index in [4.69, 9.17) is 31.5 Å². The fourth-order valence-corrected chi connectivity index (χ4v) is 4.59. The van der Waals surface area contributed by atoms with Crippen LogP contribution in [0.5, 0.6) is 11.5 Å². The van der Waals surface area contributed by atoms with Crippen molar-refractivity contribution in [1.82, 2.24) is 4.90 Å². The van der Waals surface area contributed by atoms with E-state index >= 15 is 0 Å². The van der Waals surface area contributed by atoms with Crippen molar-refractivity contribution in [1.29, 1.82) is 0 Å². The molecule has 1 fully saturated rings. The number of ketones is 1. The summed E-state index contributed by atoms with van der Waals surface area (Å²) < 4.78 is 16.5. The molecule has 0 atom stereocenters. The lowest BCUT2D eigenvalue weighted by Crippen LogP contribution is -2.38. The zero-order chi connectivity index (χ0) is 23.4. The van der Waals surface area contributed by atoms with E-state index in [1.165, 1.54) is 0 Å². The molecule has 0 aromatic heterocycles. The van der Waals surface area contributed by atoms with Crippen LogP contribution in [0.4, 0.5) is 5.69 Å². The molecule has 4 rings (SSSR count). The number of likely N-dealkylation sites (tertiary alicyclic amines) is 1. The average Bonchev–Trinajstić information content (AvgIpc) is 3.32. The van der Waals surface area contributed by atoms with Gasteiger partial charge in [-0.05, 0) is 56.1 Å². The molecule has 2 aliphatic rings. The number of ether oxygens (including phenoxy) is 3. The van der Waals surface area contributed by atoms with Crippen LogP contribution in [0.15, 0.2) is 30.3 Å². The molecule has 2 heterocycles. The van der Waals surface area contributed by atoms with Crippen LogP contribution in [0.2, 0.25) is 5.02 Å². The number of hydrogen-bond acceptors (Lipinski definition) is 7. The first kappa shape index (κ1) is 23.4. The first-order chi connectivity index (χ1) is 16.0. The van der Waals surface area contributed by atoms with Gasteiger partial charge in [-0.1, -0.05) is 11.6 Å². The molecule has 33 heavy (non-hydrogen) atoms. The van der Waals surface area contributed by atoms with Crippen LogP contribution in [0.3, 0.4) is 0 Å². The van der Waals surface area contributed by atoms with Crippen LogP contribution in [0.1, 0.15) is 52.0 Å². The largest absolute Gasteiger partial charge is 0.497 e. The molecule has 7 nitrogen and oxygen atoms in total. The Hall–Kier alpha value is -2.77. The van der Waals surface area contributed by atoms with Gasteiger partial charge in [0.15, 0.2) is 5.78 Å². The van der Waals surface area contributed by atoms with E-state index < -0.39 is 5.97 Å². The number of fused-ring (bicyclic) bond motifs is 1. The molecule has 0 aliphatic carbocycles. The quantitative estimate of drug-likeness (QED) is 0.350. The molecule has 2 aromatic carbocycles. The minimum Gasteiger partial charge on any atom is -0.497 e. The lowest BCUT2D eigenvalue weighted by atomic mass is 10.0. The number of nitrogens with zero attached hydrogens (tertiary/aromatic N) is 1. The molecule has 0 radical (unpaired) electrons. The van der Waals surface area contributed by atoms with Gasteiger partial charge in [0.2, 0.25) is 0 Å². The van der Waals surface area contributed by atoms with Crippen molar-refractivity contribution in [2.45, 2.75) is 38.2 Å². The maximum absolute atomic E-state index is 12.8. The molecule has 0 unspecified atom stereocenters. The van der Waals surface area contributed by atoms with Gasteiger partial charge in [-0.2, -0.15) is 0 Å². The van der Waals surface area contributed by atoms with Crippen molar-refractivity contribution in [3.05, 3.63) is 52.0 Å². The van der Waals surface area contributed by atoms with Gasteiger partial charge >= 0.3 is 5.97 Å². The Bertz CT molecular complexity index is 1020. The fraction of sp³-hybridized carbons (Fsp3) is 0.440. The molecule has 2 aromatic rings. The molecule has 0 bridgehead atoms. The zero-order valence-corrected chi connectivity index (χ0v) is 19.5. The Balaban J connectivity index is 1.22. The highest BCUT2D eigenvalue weighted by molar-refractivity contribution is 6.33. The average molecular weight is 473 g/mol. The van der Waals surface area contributed by atoms with Crippen molar-refractivity contribution in [2.75, 3.05) is 39.1 Å². The molecular formula is C25H29ClN2O5. The summed E-state index contributed by atoms with van der Waals surface area (Å²) in [4.78, 5) is 27.5. The molecule has 0 spiro atoms. The Morgan fingerprint density at radius 3 is 2.64 bits per heavy atom. The number of piperidine rings is 1. The number of benzene rings is 2.